The Kier molecular flexibility index (Phi) is 2.63. The van der Waals surface area contributed by atoms with Crippen LogP contribution in [0.25, 0.3) is 0 Å². The normalized spacial score (nSPS) is 10.5. The lowest BCUT2D eigenvalue weighted by Crippen LogP contribution is -1.96. The highest BCUT2D eigenvalue weighted by Gasteiger charge is 1.96. The lowest BCUT2D eigenvalue weighted by molar-refractivity contribution is 0.322. The summed E-state index contributed by atoms with van der Waals surface area (Å²) >= 11 is 0. The minimum atomic E-state index is 0.786. The van der Waals surface area contributed by atoms with Crippen LogP contribution >= 0.6 is 0 Å². The zero-order valence-electron chi connectivity index (χ0n) is 7.07. The van der Waals surface area contributed by atoms with Crippen molar-refractivity contribution >= 4 is 12.0 Å². The Morgan fingerprint density at radius 3 is 2.92 bits per heavy atom. The summed E-state index contributed by atoms with van der Waals surface area (Å²) in [5.74, 6) is 0.838. The van der Waals surface area contributed by atoms with E-state index >= 15 is 0 Å². The quantitative estimate of drug-likeness (QED) is 0.394. The third-order valence-corrected chi connectivity index (χ3v) is 1.54. The molecular weight excluding hydrogens is 154 g/mol. The lowest BCUT2D eigenvalue weighted by atomic mass is 10.2. The van der Waals surface area contributed by atoms with E-state index in [1.165, 1.54) is 6.21 Å². The number of anilines is 1. The maximum absolute atomic E-state index is 8.26. The van der Waals surface area contributed by atoms with Gasteiger partial charge >= 0.3 is 0 Å². The number of aryl methyl sites for hydroxylation is 1. The molecule has 0 unspecified atom stereocenters. The summed E-state index contributed by atoms with van der Waals surface area (Å²) in [5.41, 5.74) is 1.81. The predicted octanol–water partition coefficient (Wildman–Crippen LogP) is 1.24. The van der Waals surface area contributed by atoms with Gasteiger partial charge in [0.1, 0.15) is 5.82 Å². The number of aromatic nitrogens is 1. The Labute approximate surface area is 70.9 Å². The van der Waals surface area contributed by atoms with Gasteiger partial charge in [-0.05, 0) is 18.6 Å². The van der Waals surface area contributed by atoms with Gasteiger partial charge in [0.05, 0.1) is 6.21 Å². The topological polar surface area (TPSA) is 57.5 Å². The van der Waals surface area contributed by atoms with Crippen molar-refractivity contribution in [3.63, 3.8) is 0 Å². The van der Waals surface area contributed by atoms with E-state index in [-0.39, 0.29) is 0 Å². The minimum absolute atomic E-state index is 0.786. The van der Waals surface area contributed by atoms with E-state index in [2.05, 4.69) is 15.5 Å². The van der Waals surface area contributed by atoms with Crippen molar-refractivity contribution in [2.75, 3.05) is 12.4 Å². The molecule has 0 aromatic carbocycles. The van der Waals surface area contributed by atoms with Gasteiger partial charge in [0.2, 0.25) is 0 Å². The summed E-state index contributed by atoms with van der Waals surface area (Å²) in [6, 6.07) is 1.89. The molecule has 1 aromatic heterocycles. The van der Waals surface area contributed by atoms with Gasteiger partial charge in [0, 0.05) is 18.8 Å². The second-order valence-corrected chi connectivity index (χ2v) is 2.43. The van der Waals surface area contributed by atoms with E-state index in [0.29, 0.717) is 0 Å². The van der Waals surface area contributed by atoms with Crippen LogP contribution in [-0.2, 0) is 0 Å². The molecule has 0 bridgehead atoms. The van der Waals surface area contributed by atoms with Crippen LogP contribution in [0.15, 0.2) is 17.4 Å². The van der Waals surface area contributed by atoms with Crippen molar-refractivity contribution in [3.8, 4) is 0 Å². The first-order valence-corrected chi connectivity index (χ1v) is 3.59. The number of rotatable bonds is 2. The van der Waals surface area contributed by atoms with Crippen molar-refractivity contribution in [2.24, 2.45) is 5.16 Å². The molecule has 1 heterocycles. The van der Waals surface area contributed by atoms with Gasteiger partial charge in [-0.15, -0.1) is 0 Å². The standard InChI is InChI=1S/C8H11N3O/c1-6-3-7(5-11-12)4-10-8(6)9-2/h3-5,12H,1-2H3,(H,9,10)/b11-5+. The molecular formula is C8H11N3O. The minimum Gasteiger partial charge on any atom is -0.411 e. The molecule has 0 radical (unpaired) electrons. The summed E-state index contributed by atoms with van der Waals surface area (Å²) in [4.78, 5) is 4.10. The second-order valence-electron chi connectivity index (χ2n) is 2.43. The van der Waals surface area contributed by atoms with Crippen LogP contribution in [-0.4, -0.2) is 23.5 Å². The maximum Gasteiger partial charge on any atom is 0.128 e. The number of oxime groups is 1. The molecule has 0 atom stereocenters. The van der Waals surface area contributed by atoms with Gasteiger partial charge in [0.15, 0.2) is 0 Å². The van der Waals surface area contributed by atoms with Gasteiger partial charge < -0.3 is 10.5 Å². The molecule has 0 spiro atoms. The summed E-state index contributed by atoms with van der Waals surface area (Å²) in [7, 11) is 1.81. The lowest BCUT2D eigenvalue weighted by Gasteiger charge is -2.02. The molecule has 4 heteroatoms. The molecule has 0 aliphatic rings. The Morgan fingerprint density at radius 1 is 1.67 bits per heavy atom. The van der Waals surface area contributed by atoms with Crippen LogP contribution in [0.2, 0.25) is 0 Å². The van der Waals surface area contributed by atoms with Crippen LogP contribution in [0.5, 0.6) is 0 Å². The molecule has 64 valence electrons. The first-order chi connectivity index (χ1) is 5.77. The van der Waals surface area contributed by atoms with Crippen LogP contribution < -0.4 is 5.32 Å². The number of hydrogen-bond donors (Lipinski definition) is 2. The van der Waals surface area contributed by atoms with Crippen LogP contribution in [0, 0.1) is 6.92 Å². The molecule has 0 saturated heterocycles. The van der Waals surface area contributed by atoms with Crippen molar-refractivity contribution in [2.45, 2.75) is 6.92 Å². The fraction of sp³-hybridized carbons (Fsp3) is 0.250. The average Bonchev–Trinajstić information content (AvgIpc) is 2.05. The van der Waals surface area contributed by atoms with E-state index in [0.717, 1.165) is 16.9 Å². The highest BCUT2D eigenvalue weighted by molar-refractivity contribution is 5.79. The molecule has 1 aromatic rings. The van der Waals surface area contributed by atoms with Gasteiger partial charge in [0.25, 0.3) is 0 Å². The highest BCUT2D eigenvalue weighted by Crippen LogP contribution is 2.10. The molecule has 1 rings (SSSR count). The summed E-state index contributed by atoms with van der Waals surface area (Å²) in [5, 5.41) is 14.1. The molecule has 12 heavy (non-hydrogen) atoms. The van der Waals surface area contributed by atoms with E-state index in [9.17, 15) is 0 Å². The average molecular weight is 165 g/mol. The fourth-order valence-electron chi connectivity index (χ4n) is 0.996. The summed E-state index contributed by atoms with van der Waals surface area (Å²) in [6.45, 7) is 1.94. The Balaban J connectivity index is 3.01. The molecule has 4 nitrogen and oxygen atoms in total. The number of nitrogens with one attached hydrogen (secondary N) is 1. The predicted molar refractivity (Wildman–Crippen MR) is 47.9 cm³/mol. The van der Waals surface area contributed by atoms with E-state index in [1.54, 1.807) is 6.20 Å². The number of hydrogen-bond acceptors (Lipinski definition) is 4. The van der Waals surface area contributed by atoms with Crippen LogP contribution in [0.3, 0.4) is 0 Å². The smallest absolute Gasteiger partial charge is 0.128 e. The Hall–Kier alpha value is -1.58. The SMILES string of the molecule is CNc1ncc(/C=N/O)cc1C. The Morgan fingerprint density at radius 2 is 2.42 bits per heavy atom. The van der Waals surface area contributed by atoms with Crippen LogP contribution in [0.1, 0.15) is 11.1 Å². The number of nitrogens with zero attached hydrogens (tertiary/aromatic N) is 2. The molecule has 0 saturated carbocycles. The van der Waals surface area contributed by atoms with Gasteiger partial charge in [-0.2, -0.15) is 0 Å². The third-order valence-electron chi connectivity index (χ3n) is 1.54. The maximum atomic E-state index is 8.26. The number of pyridine rings is 1. The Bertz CT molecular complexity index is 296. The van der Waals surface area contributed by atoms with Crippen molar-refractivity contribution in [3.05, 3.63) is 23.4 Å². The first kappa shape index (κ1) is 8.52. The van der Waals surface area contributed by atoms with Gasteiger partial charge in [-0.1, -0.05) is 5.16 Å². The fourth-order valence-corrected chi connectivity index (χ4v) is 0.996. The zero-order chi connectivity index (χ0) is 8.97. The van der Waals surface area contributed by atoms with Gasteiger partial charge in [-0.3, -0.25) is 0 Å². The second kappa shape index (κ2) is 3.71. The van der Waals surface area contributed by atoms with E-state index < -0.39 is 0 Å². The molecule has 0 fully saturated rings. The summed E-state index contributed by atoms with van der Waals surface area (Å²) < 4.78 is 0. The summed E-state index contributed by atoms with van der Waals surface area (Å²) in [6.07, 6.45) is 2.98. The largest absolute Gasteiger partial charge is 0.411 e. The monoisotopic (exact) mass is 165 g/mol. The van der Waals surface area contributed by atoms with E-state index in [4.69, 9.17) is 5.21 Å². The zero-order valence-corrected chi connectivity index (χ0v) is 7.07. The molecule has 0 amide bonds. The first-order valence-electron chi connectivity index (χ1n) is 3.59. The molecule has 0 aliphatic heterocycles. The third kappa shape index (κ3) is 1.72. The highest BCUT2D eigenvalue weighted by atomic mass is 16.4. The van der Waals surface area contributed by atoms with Crippen molar-refractivity contribution < 1.29 is 5.21 Å². The van der Waals surface area contributed by atoms with Crippen molar-refractivity contribution in [1.29, 1.82) is 0 Å². The van der Waals surface area contributed by atoms with Crippen LogP contribution in [0.4, 0.5) is 5.82 Å². The van der Waals surface area contributed by atoms with Gasteiger partial charge in [-0.25, -0.2) is 4.98 Å². The van der Waals surface area contributed by atoms with Crippen molar-refractivity contribution in [1.82, 2.24) is 4.98 Å². The molecule has 2 N–H and O–H groups in total. The van der Waals surface area contributed by atoms with E-state index in [1.807, 2.05) is 20.0 Å². The molecule has 0 aliphatic carbocycles.